The molecular weight excluding hydrogens is 308 g/mol. The Morgan fingerprint density at radius 3 is 2.43 bits per heavy atom. The number of rotatable bonds is 4. The van der Waals surface area contributed by atoms with Crippen molar-refractivity contribution >= 4 is 23.4 Å². The number of nitrogens with one attached hydrogen (secondary N) is 1. The van der Waals surface area contributed by atoms with E-state index in [0.29, 0.717) is 16.7 Å². The first-order chi connectivity index (χ1) is 9.97. The number of nitrogens with zero attached hydrogens (tertiary/aromatic N) is 1. The molecule has 1 amide bonds. The number of halogens is 4. The normalized spacial score (nSPS) is 10.7. The van der Waals surface area contributed by atoms with Crippen LogP contribution in [0, 0.1) is 11.8 Å². The summed E-state index contributed by atoms with van der Waals surface area (Å²) in [6.07, 6.45) is 0.968. The Labute approximate surface area is 121 Å². The number of anilines is 1. The van der Waals surface area contributed by atoms with Gasteiger partial charge in [0, 0.05) is 16.8 Å². The summed E-state index contributed by atoms with van der Waals surface area (Å²) >= 11 is 0.363. The lowest BCUT2D eigenvalue weighted by Gasteiger charge is -2.07. The molecule has 0 aliphatic heterocycles. The van der Waals surface area contributed by atoms with Crippen LogP contribution in [-0.2, 0) is 0 Å². The second-order valence-corrected chi connectivity index (χ2v) is 4.88. The van der Waals surface area contributed by atoms with Crippen LogP contribution in [0.15, 0.2) is 41.4 Å². The van der Waals surface area contributed by atoms with Gasteiger partial charge in [-0.05, 0) is 30.3 Å². The quantitative estimate of drug-likeness (QED) is 0.528. The van der Waals surface area contributed by atoms with Gasteiger partial charge >= 0.3 is 0 Å². The van der Waals surface area contributed by atoms with Crippen molar-refractivity contribution < 1.29 is 22.4 Å². The van der Waals surface area contributed by atoms with Gasteiger partial charge in [-0.2, -0.15) is 13.2 Å². The molecule has 1 aromatic heterocycles. The zero-order valence-electron chi connectivity index (χ0n) is 10.3. The number of thioether (sulfide) groups is 1. The van der Waals surface area contributed by atoms with Crippen molar-refractivity contribution in [1.29, 1.82) is 0 Å². The van der Waals surface area contributed by atoms with E-state index in [1.54, 1.807) is 0 Å². The number of amides is 1. The molecule has 0 radical (unpaired) electrons. The molecule has 0 fully saturated rings. The Balaban J connectivity index is 2.11. The summed E-state index contributed by atoms with van der Waals surface area (Å²) in [4.78, 5) is 15.2. The van der Waals surface area contributed by atoms with Crippen molar-refractivity contribution in [2.24, 2.45) is 0 Å². The fraction of sp³-hybridized carbons (Fsp3) is 0.0769. The summed E-state index contributed by atoms with van der Waals surface area (Å²) in [6.45, 7) is 0. The molecule has 8 heteroatoms. The molecule has 2 aromatic rings. The fourth-order valence-electron chi connectivity index (χ4n) is 1.51. The molecule has 0 bridgehead atoms. The SMILES string of the molecule is O=C(Nc1ccc(SC(F)F)cc1)c1ccnc(F)c1F. The van der Waals surface area contributed by atoms with E-state index in [1.807, 2.05) is 0 Å². The number of alkyl halides is 2. The molecule has 0 unspecified atom stereocenters. The predicted molar refractivity (Wildman–Crippen MR) is 70.4 cm³/mol. The number of carbonyl (C=O) groups excluding carboxylic acids is 1. The van der Waals surface area contributed by atoms with Crippen molar-refractivity contribution in [2.75, 3.05) is 5.32 Å². The van der Waals surface area contributed by atoms with E-state index in [2.05, 4.69) is 10.3 Å². The molecule has 0 atom stereocenters. The molecule has 0 spiro atoms. The number of aromatic nitrogens is 1. The molecule has 0 saturated carbocycles. The van der Waals surface area contributed by atoms with Gasteiger partial charge in [0.05, 0.1) is 5.56 Å². The topological polar surface area (TPSA) is 42.0 Å². The monoisotopic (exact) mass is 316 g/mol. The Hall–Kier alpha value is -2.09. The van der Waals surface area contributed by atoms with E-state index < -0.39 is 29.0 Å². The largest absolute Gasteiger partial charge is 0.322 e. The maximum absolute atomic E-state index is 13.4. The zero-order valence-corrected chi connectivity index (χ0v) is 11.1. The number of benzene rings is 1. The fourth-order valence-corrected chi connectivity index (χ4v) is 2.01. The Morgan fingerprint density at radius 1 is 1.14 bits per heavy atom. The van der Waals surface area contributed by atoms with Gasteiger partial charge in [0.1, 0.15) is 0 Å². The molecule has 2 rings (SSSR count). The summed E-state index contributed by atoms with van der Waals surface area (Å²) in [5, 5.41) is 2.34. The lowest BCUT2D eigenvalue weighted by Crippen LogP contribution is -2.15. The van der Waals surface area contributed by atoms with Gasteiger partial charge in [0.15, 0.2) is 5.82 Å². The van der Waals surface area contributed by atoms with Gasteiger partial charge < -0.3 is 5.32 Å². The van der Waals surface area contributed by atoms with Crippen LogP contribution >= 0.6 is 11.8 Å². The second kappa shape index (κ2) is 6.57. The zero-order chi connectivity index (χ0) is 15.4. The number of hydrogen-bond acceptors (Lipinski definition) is 3. The number of pyridine rings is 1. The van der Waals surface area contributed by atoms with Gasteiger partial charge in [-0.15, -0.1) is 0 Å². The highest BCUT2D eigenvalue weighted by Crippen LogP contribution is 2.26. The average molecular weight is 316 g/mol. The molecule has 21 heavy (non-hydrogen) atoms. The molecule has 110 valence electrons. The van der Waals surface area contributed by atoms with E-state index in [9.17, 15) is 22.4 Å². The summed E-state index contributed by atoms with van der Waals surface area (Å²) in [5.74, 6) is -6.12. The molecule has 0 aliphatic carbocycles. The minimum absolute atomic E-state index is 0.273. The predicted octanol–water partition coefficient (Wildman–Crippen LogP) is 3.93. The van der Waals surface area contributed by atoms with Crippen LogP contribution in [0.5, 0.6) is 0 Å². The highest BCUT2D eigenvalue weighted by molar-refractivity contribution is 7.99. The third kappa shape index (κ3) is 3.94. The van der Waals surface area contributed by atoms with Gasteiger partial charge in [-0.25, -0.2) is 9.37 Å². The molecule has 0 aliphatic rings. The lowest BCUT2D eigenvalue weighted by molar-refractivity contribution is 0.102. The molecule has 3 nitrogen and oxygen atoms in total. The minimum Gasteiger partial charge on any atom is -0.322 e. The van der Waals surface area contributed by atoms with E-state index in [-0.39, 0.29) is 5.69 Å². The van der Waals surface area contributed by atoms with E-state index in [4.69, 9.17) is 0 Å². The van der Waals surface area contributed by atoms with Crippen LogP contribution < -0.4 is 5.32 Å². The highest BCUT2D eigenvalue weighted by atomic mass is 32.2. The van der Waals surface area contributed by atoms with Crippen molar-refractivity contribution in [3.8, 4) is 0 Å². The third-order valence-electron chi connectivity index (χ3n) is 2.43. The lowest BCUT2D eigenvalue weighted by atomic mass is 10.2. The first-order valence-electron chi connectivity index (χ1n) is 5.63. The molecule has 1 N–H and O–H groups in total. The standard InChI is InChI=1S/C13H8F4N2OS/c14-10-9(5-6-18-11(10)15)12(20)19-7-1-3-8(4-2-7)21-13(16)17/h1-6,13H,(H,19,20). The van der Waals surface area contributed by atoms with E-state index in [0.717, 1.165) is 12.3 Å². The molecule has 1 aromatic carbocycles. The third-order valence-corrected chi connectivity index (χ3v) is 3.15. The van der Waals surface area contributed by atoms with Crippen LogP contribution in [0.25, 0.3) is 0 Å². The van der Waals surface area contributed by atoms with Crippen molar-refractivity contribution in [3.63, 3.8) is 0 Å². The first kappa shape index (κ1) is 15.3. The van der Waals surface area contributed by atoms with E-state index >= 15 is 0 Å². The molecular formula is C13H8F4N2OS. The van der Waals surface area contributed by atoms with Crippen LogP contribution in [0.1, 0.15) is 10.4 Å². The number of carbonyl (C=O) groups is 1. The van der Waals surface area contributed by atoms with Crippen molar-refractivity contribution in [2.45, 2.75) is 10.7 Å². The highest BCUT2D eigenvalue weighted by Gasteiger charge is 2.16. The maximum Gasteiger partial charge on any atom is 0.288 e. The smallest absolute Gasteiger partial charge is 0.288 e. The summed E-state index contributed by atoms with van der Waals surface area (Å²) < 4.78 is 50.6. The molecule has 0 saturated heterocycles. The van der Waals surface area contributed by atoms with Crippen LogP contribution in [0.4, 0.5) is 23.2 Å². The van der Waals surface area contributed by atoms with E-state index in [1.165, 1.54) is 24.3 Å². The summed E-state index contributed by atoms with van der Waals surface area (Å²) in [5.41, 5.74) is -0.219. The minimum atomic E-state index is -2.54. The number of hydrogen-bond donors (Lipinski definition) is 1. The average Bonchev–Trinajstić information content (AvgIpc) is 2.43. The second-order valence-electron chi connectivity index (χ2n) is 3.82. The molecule has 1 heterocycles. The van der Waals surface area contributed by atoms with Crippen molar-refractivity contribution in [1.82, 2.24) is 4.98 Å². The van der Waals surface area contributed by atoms with Crippen LogP contribution in [0.3, 0.4) is 0 Å². The van der Waals surface area contributed by atoms with Gasteiger partial charge in [-0.1, -0.05) is 11.8 Å². The van der Waals surface area contributed by atoms with Gasteiger partial charge in [-0.3, -0.25) is 4.79 Å². The van der Waals surface area contributed by atoms with Crippen LogP contribution in [-0.4, -0.2) is 16.6 Å². The summed E-state index contributed by atoms with van der Waals surface area (Å²) in [7, 11) is 0. The maximum atomic E-state index is 13.4. The Kier molecular flexibility index (Phi) is 4.79. The Bertz CT molecular complexity index is 649. The Morgan fingerprint density at radius 2 is 1.81 bits per heavy atom. The first-order valence-corrected chi connectivity index (χ1v) is 6.51. The van der Waals surface area contributed by atoms with Crippen LogP contribution in [0.2, 0.25) is 0 Å². The van der Waals surface area contributed by atoms with Crippen molar-refractivity contribution in [3.05, 3.63) is 53.9 Å². The van der Waals surface area contributed by atoms with Gasteiger partial charge in [0.25, 0.3) is 11.7 Å². The van der Waals surface area contributed by atoms with Gasteiger partial charge in [0.2, 0.25) is 5.95 Å². The summed E-state index contributed by atoms with van der Waals surface area (Å²) in [6, 6.07) is 6.58.